The van der Waals surface area contributed by atoms with E-state index in [2.05, 4.69) is 34.6 Å². The van der Waals surface area contributed by atoms with Gasteiger partial charge in [-0.15, -0.1) is 23.7 Å². The molecule has 0 spiro atoms. The second-order valence-corrected chi connectivity index (χ2v) is 5.94. The summed E-state index contributed by atoms with van der Waals surface area (Å²) < 4.78 is 1.67. The Hall–Kier alpha value is -1.44. The molecule has 2 N–H and O–H groups in total. The zero-order valence-corrected chi connectivity index (χ0v) is 14.1. The number of amides is 1. The molecule has 116 valence electrons. The molecule has 0 saturated heterocycles. The topological polar surface area (TPSA) is 71.8 Å². The number of hydrogen-bond donors (Lipinski definition) is 2. The van der Waals surface area contributed by atoms with Crippen molar-refractivity contribution in [1.82, 2.24) is 20.1 Å². The Morgan fingerprint density at radius 2 is 2.10 bits per heavy atom. The fourth-order valence-corrected chi connectivity index (χ4v) is 2.65. The lowest BCUT2D eigenvalue weighted by Crippen LogP contribution is -2.30. The van der Waals surface area contributed by atoms with E-state index in [9.17, 15) is 4.79 Å². The van der Waals surface area contributed by atoms with Crippen molar-refractivity contribution in [1.29, 1.82) is 0 Å². The maximum absolute atomic E-state index is 12.3. The molecule has 21 heavy (non-hydrogen) atoms. The van der Waals surface area contributed by atoms with Gasteiger partial charge in [0.1, 0.15) is 6.04 Å². The van der Waals surface area contributed by atoms with Gasteiger partial charge in [-0.3, -0.25) is 9.48 Å². The predicted molar refractivity (Wildman–Crippen MR) is 87.1 cm³/mol. The molecular weight excluding hydrogens is 310 g/mol. The van der Waals surface area contributed by atoms with Gasteiger partial charge in [0.05, 0.1) is 6.20 Å². The van der Waals surface area contributed by atoms with Crippen molar-refractivity contribution in [3.8, 4) is 0 Å². The first-order chi connectivity index (χ1) is 9.51. The van der Waals surface area contributed by atoms with E-state index in [1.165, 1.54) is 11.3 Å². The number of rotatable bonds is 5. The summed E-state index contributed by atoms with van der Waals surface area (Å²) in [7, 11) is 3.57. The number of nitrogens with zero attached hydrogens (tertiary/aromatic N) is 3. The molecule has 1 amide bonds. The number of aromatic nitrogens is 3. The Labute approximate surface area is 134 Å². The van der Waals surface area contributed by atoms with Gasteiger partial charge in [0, 0.05) is 29.9 Å². The fourth-order valence-electron chi connectivity index (χ4n) is 1.83. The lowest BCUT2D eigenvalue weighted by molar-refractivity contribution is -0.118. The Kier molecular flexibility index (Phi) is 6.32. The third kappa shape index (κ3) is 4.26. The molecule has 1 unspecified atom stereocenters. The largest absolute Gasteiger partial charge is 0.305 e. The van der Waals surface area contributed by atoms with Crippen LogP contribution in [-0.4, -0.2) is 27.7 Å². The van der Waals surface area contributed by atoms with Crippen LogP contribution in [0.2, 0.25) is 0 Å². The Morgan fingerprint density at radius 1 is 1.38 bits per heavy atom. The molecule has 2 rings (SSSR count). The van der Waals surface area contributed by atoms with Crippen LogP contribution < -0.4 is 10.6 Å². The summed E-state index contributed by atoms with van der Waals surface area (Å²) in [5.41, 5.74) is 0.827. The van der Waals surface area contributed by atoms with Gasteiger partial charge in [0.25, 0.3) is 0 Å². The van der Waals surface area contributed by atoms with Crippen molar-refractivity contribution in [3.05, 3.63) is 29.0 Å². The summed E-state index contributed by atoms with van der Waals surface area (Å²) >= 11 is 1.51. The summed E-state index contributed by atoms with van der Waals surface area (Å²) in [5.74, 6) is 0.279. The molecule has 0 aliphatic rings. The van der Waals surface area contributed by atoms with E-state index >= 15 is 0 Å². The molecule has 8 heteroatoms. The van der Waals surface area contributed by atoms with Crippen molar-refractivity contribution < 1.29 is 4.79 Å². The fraction of sp³-hybridized carbons (Fsp3) is 0.462. The summed E-state index contributed by atoms with van der Waals surface area (Å²) in [4.78, 5) is 17.7. The van der Waals surface area contributed by atoms with Crippen LogP contribution in [0.5, 0.6) is 0 Å². The van der Waals surface area contributed by atoms with Crippen LogP contribution in [0, 0.1) is 0 Å². The number of nitrogens with one attached hydrogen (secondary N) is 2. The van der Waals surface area contributed by atoms with Crippen LogP contribution in [0.3, 0.4) is 0 Å². The van der Waals surface area contributed by atoms with Gasteiger partial charge in [-0.25, -0.2) is 4.98 Å². The first kappa shape index (κ1) is 17.6. The van der Waals surface area contributed by atoms with Gasteiger partial charge in [-0.1, -0.05) is 13.8 Å². The highest BCUT2D eigenvalue weighted by Gasteiger charge is 2.21. The molecule has 2 aromatic rings. The van der Waals surface area contributed by atoms with E-state index in [0.29, 0.717) is 11.0 Å². The molecule has 2 aromatic heterocycles. The lowest BCUT2D eigenvalue weighted by Gasteiger charge is -2.12. The highest BCUT2D eigenvalue weighted by Crippen LogP contribution is 2.26. The Balaban J connectivity index is 0.00000220. The van der Waals surface area contributed by atoms with Gasteiger partial charge in [-0.2, -0.15) is 5.10 Å². The first-order valence-corrected chi connectivity index (χ1v) is 7.25. The summed E-state index contributed by atoms with van der Waals surface area (Å²) in [6, 6.07) is -0.435. The van der Waals surface area contributed by atoms with E-state index in [1.54, 1.807) is 17.9 Å². The zero-order valence-electron chi connectivity index (χ0n) is 12.5. The summed E-state index contributed by atoms with van der Waals surface area (Å²) in [5, 5.41) is 10.6. The third-order valence-electron chi connectivity index (χ3n) is 2.93. The van der Waals surface area contributed by atoms with Crippen molar-refractivity contribution in [2.24, 2.45) is 7.05 Å². The van der Waals surface area contributed by atoms with Crippen molar-refractivity contribution in [2.45, 2.75) is 25.8 Å². The molecule has 0 radical (unpaired) electrons. The molecule has 6 nitrogen and oxygen atoms in total. The van der Waals surface area contributed by atoms with Gasteiger partial charge >= 0.3 is 0 Å². The molecule has 0 bridgehead atoms. The van der Waals surface area contributed by atoms with Gasteiger partial charge in [0.2, 0.25) is 5.91 Å². The highest BCUT2D eigenvalue weighted by atomic mass is 35.5. The van der Waals surface area contributed by atoms with Crippen molar-refractivity contribution >= 4 is 34.8 Å². The number of hydrogen-bond acceptors (Lipinski definition) is 5. The number of halogens is 1. The number of likely N-dealkylation sites (N-methyl/N-ethyl adjacent to an activating group) is 1. The van der Waals surface area contributed by atoms with E-state index < -0.39 is 6.04 Å². The number of anilines is 1. The number of carbonyl (C=O) groups is 1. The monoisotopic (exact) mass is 329 g/mol. The van der Waals surface area contributed by atoms with Crippen LogP contribution in [0.1, 0.15) is 36.2 Å². The van der Waals surface area contributed by atoms with Crippen LogP contribution >= 0.6 is 23.7 Å². The minimum atomic E-state index is -0.435. The molecule has 0 aromatic carbocycles. The van der Waals surface area contributed by atoms with Crippen molar-refractivity contribution in [3.63, 3.8) is 0 Å². The summed E-state index contributed by atoms with van der Waals surface area (Å²) in [6.07, 6.45) is 5.31. The number of carbonyl (C=O) groups excluding carboxylic acids is 1. The smallest absolute Gasteiger partial charge is 0.247 e. The maximum atomic E-state index is 12.3. The molecule has 1 atom stereocenters. The number of aryl methyl sites for hydroxylation is 1. The predicted octanol–water partition coefficient (Wildman–Crippen LogP) is 2.32. The zero-order chi connectivity index (χ0) is 14.7. The van der Waals surface area contributed by atoms with E-state index in [1.807, 2.05) is 19.4 Å². The Morgan fingerprint density at radius 3 is 2.57 bits per heavy atom. The van der Waals surface area contributed by atoms with E-state index in [0.717, 1.165) is 10.4 Å². The molecule has 0 fully saturated rings. The molecule has 0 aliphatic heterocycles. The SMILES string of the molecule is CNC(C(=O)Nc1ncc(C(C)C)s1)c1cnn(C)c1.Cl. The quantitative estimate of drug-likeness (QED) is 0.883. The minimum absolute atomic E-state index is 0. The standard InChI is InChI=1S/C13H19N5OS.ClH/c1-8(2)10-6-15-13(20-10)17-12(19)11(14-3)9-5-16-18(4)7-9;/h5-8,11,14H,1-4H3,(H,15,17,19);1H. The molecule has 0 aliphatic carbocycles. The number of thiazole rings is 1. The Bertz CT molecular complexity index is 595. The van der Waals surface area contributed by atoms with Crippen LogP contribution in [0.25, 0.3) is 0 Å². The first-order valence-electron chi connectivity index (χ1n) is 6.43. The summed E-state index contributed by atoms with van der Waals surface area (Å²) in [6.45, 7) is 4.20. The average molecular weight is 330 g/mol. The second kappa shape index (κ2) is 7.53. The van der Waals surface area contributed by atoms with Gasteiger partial charge < -0.3 is 10.6 Å². The third-order valence-corrected chi connectivity index (χ3v) is 4.15. The second-order valence-electron chi connectivity index (χ2n) is 4.88. The molecule has 2 heterocycles. The van der Waals surface area contributed by atoms with Crippen LogP contribution in [-0.2, 0) is 11.8 Å². The minimum Gasteiger partial charge on any atom is -0.305 e. The average Bonchev–Trinajstić information content (AvgIpc) is 3.00. The molecular formula is C13H20ClN5OS. The van der Waals surface area contributed by atoms with Crippen LogP contribution in [0.4, 0.5) is 5.13 Å². The lowest BCUT2D eigenvalue weighted by atomic mass is 10.1. The highest BCUT2D eigenvalue weighted by molar-refractivity contribution is 7.15. The maximum Gasteiger partial charge on any atom is 0.247 e. The van der Waals surface area contributed by atoms with Gasteiger partial charge in [0.15, 0.2) is 5.13 Å². The van der Waals surface area contributed by atoms with Gasteiger partial charge in [-0.05, 0) is 13.0 Å². The van der Waals surface area contributed by atoms with E-state index in [-0.39, 0.29) is 18.3 Å². The normalized spacial score (nSPS) is 12.0. The molecule has 0 saturated carbocycles. The van der Waals surface area contributed by atoms with E-state index in [4.69, 9.17) is 0 Å². The van der Waals surface area contributed by atoms with Crippen molar-refractivity contribution in [2.75, 3.05) is 12.4 Å². The van der Waals surface area contributed by atoms with Crippen LogP contribution in [0.15, 0.2) is 18.6 Å².